The van der Waals surface area contributed by atoms with Crippen LogP contribution in [0.4, 0.5) is 0 Å². The maximum Gasteiger partial charge on any atom is 0.162 e. The molecular formula is C28H35N5O2. The fourth-order valence-electron chi connectivity index (χ4n) is 5.82. The molecule has 4 heterocycles. The van der Waals surface area contributed by atoms with Crippen molar-refractivity contribution in [1.82, 2.24) is 24.8 Å². The normalized spacial score (nSPS) is 20.4. The summed E-state index contributed by atoms with van der Waals surface area (Å²) in [5, 5.41) is 1.27. The molecule has 3 aromatic heterocycles. The molecule has 0 atom stereocenters. The van der Waals surface area contributed by atoms with Gasteiger partial charge in [0.25, 0.3) is 0 Å². The Morgan fingerprint density at radius 3 is 2.63 bits per heavy atom. The van der Waals surface area contributed by atoms with Crippen molar-refractivity contribution >= 4 is 22.1 Å². The van der Waals surface area contributed by atoms with Crippen LogP contribution in [0.1, 0.15) is 50.9 Å². The number of pyridine rings is 1. The standard InChI is InChI=1S/C28H35N5O2/c1-18-30-25-21(10-13-29-26(25)31-18)24-14-22-19(6-5-7-23(22)32-24)15-33(4)20-8-11-28(12-9-20)16-34-27(2,3)35-17-28/h5-7,10,13-14,20,32H,8-9,11-12,15-17H2,1-4H3,(H,29,30,31). The van der Waals surface area contributed by atoms with Gasteiger partial charge in [0, 0.05) is 46.4 Å². The minimum Gasteiger partial charge on any atom is -0.354 e. The minimum absolute atomic E-state index is 0.197. The minimum atomic E-state index is -0.439. The van der Waals surface area contributed by atoms with Gasteiger partial charge in [-0.3, -0.25) is 4.90 Å². The highest BCUT2D eigenvalue weighted by atomic mass is 16.7. The molecule has 4 aromatic rings. The third-order valence-electron chi connectivity index (χ3n) is 8.06. The first-order valence-electron chi connectivity index (χ1n) is 12.7. The Morgan fingerprint density at radius 1 is 1.09 bits per heavy atom. The van der Waals surface area contributed by atoms with Crippen LogP contribution in [0.3, 0.4) is 0 Å². The number of hydrogen-bond donors (Lipinski definition) is 2. The number of imidazole rings is 1. The van der Waals surface area contributed by atoms with Gasteiger partial charge in [0.15, 0.2) is 11.4 Å². The van der Waals surface area contributed by atoms with Gasteiger partial charge in [0.05, 0.1) is 13.2 Å². The molecule has 6 rings (SSSR count). The van der Waals surface area contributed by atoms with Crippen LogP contribution in [-0.2, 0) is 16.0 Å². The van der Waals surface area contributed by atoms with E-state index in [4.69, 9.17) is 9.47 Å². The molecule has 1 spiro atoms. The molecular weight excluding hydrogens is 438 g/mol. The van der Waals surface area contributed by atoms with Gasteiger partial charge in [0.2, 0.25) is 0 Å². The van der Waals surface area contributed by atoms with E-state index in [9.17, 15) is 0 Å². The average Bonchev–Trinajstić information content (AvgIpc) is 3.45. The van der Waals surface area contributed by atoms with E-state index >= 15 is 0 Å². The maximum atomic E-state index is 6.02. The predicted octanol–water partition coefficient (Wildman–Crippen LogP) is 5.56. The Balaban J connectivity index is 1.19. The fraction of sp³-hybridized carbons (Fsp3) is 0.500. The van der Waals surface area contributed by atoms with E-state index in [1.54, 1.807) is 0 Å². The molecule has 1 aromatic carbocycles. The largest absolute Gasteiger partial charge is 0.354 e. The van der Waals surface area contributed by atoms with Gasteiger partial charge < -0.3 is 19.4 Å². The number of aromatic amines is 2. The summed E-state index contributed by atoms with van der Waals surface area (Å²) in [5.41, 5.74) is 6.59. The smallest absolute Gasteiger partial charge is 0.162 e. The van der Waals surface area contributed by atoms with Crippen molar-refractivity contribution in [2.75, 3.05) is 20.3 Å². The lowest BCUT2D eigenvalue weighted by molar-refractivity contribution is -0.290. The summed E-state index contributed by atoms with van der Waals surface area (Å²) < 4.78 is 12.0. The third kappa shape index (κ3) is 4.26. The number of aromatic nitrogens is 4. The summed E-state index contributed by atoms with van der Waals surface area (Å²) in [6, 6.07) is 11.5. The molecule has 2 aliphatic rings. The quantitative estimate of drug-likeness (QED) is 0.406. The third-order valence-corrected chi connectivity index (χ3v) is 8.06. The number of fused-ring (bicyclic) bond motifs is 2. The first-order chi connectivity index (χ1) is 16.8. The van der Waals surface area contributed by atoms with E-state index < -0.39 is 5.79 Å². The van der Waals surface area contributed by atoms with Gasteiger partial charge in [-0.2, -0.15) is 0 Å². The van der Waals surface area contributed by atoms with Crippen molar-refractivity contribution < 1.29 is 9.47 Å². The highest BCUT2D eigenvalue weighted by Crippen LogP contribution is 2.43. The lowest BCUT2D eigenvalue weighted by Crippen LogP contribution is -2.50. The first-order valence-corrected chi connectivity index (χ1v) is 12.7. The molecule has 0 unspecified atom stereocenters. The first kappa shape index (κ1) is 22.7. The second-order valence-corrected chi connectivity index (χ2v) is 11.1. The highest BCUT2D eigenvalue weighted by molar-refractivity contribution is 5.94. The van der Waals surface area contributed by atoms with E-state index in [2.05, 4.69) is 56.1 Å². The summed E-state index contributed by atoms with van der Waals surface area (Å²) in [6.07, 6.45) is 6.54. The molecule has 7 heteroatoms. The van der Waals surface area contributed by atoms with Crippen molar-refractivity contribution in [3.63, 3.8) is 0 Å². The highest BCUT2D eigenvalue weighted by Gasteiger charge is 2.43. The van der Waals surface area contributed by atoms with E-state index in [0.29, 0.717) is 6.04 Å². The lowest BCUT2D eigenvalue weighted by atomic mass is 9.72. The van der Waals surface area contributed by atoms with Crippen molar-refractivity contribution in [2.45, 2.75) is 64.8 Å². The van der Waals surface area contributed by atoms with Gasteiger partial charge >= 0.3 is 0 Å². The van der Waals surface area contributed by atoms with Crippen molar-refractivity contribution in [3.8, 4) is 11.3 Å². The summed E-state index contributed by atoms with van der Waals surface area (Å²) in [5.74, 6) is 0.438. The van der Waals surface area contributed by atoms with E-state index in [-0.39, 0.29) is 5.41 Å². The number of benzene rings is 1. The van der Waals surface area contributed by atoms with Crippen LogP contribution in [0.2, 0.25) is 0 Å². The number of aryl methyl sites for hydroxylation is 1. The molecule has 184 valence electrons. The molecule has 2 fully saturated rings. The SMILES string of the molecule is Cc1nc2c(-c3cc4c(CN(C)C5CCC6(CC5)COC(C)(C)OC6)cccc4[nH]3)ccnc2[nH]1. The Morgan fingerprint density at radius 2 is 1.86 bits per heavy atom. The topological polar surface area (TPSA) is 79.1 Å². The average molecular weight is 474 g/mol. The molecule has 7 nitrogen and oxygen atoms in total. The Hall–Kier alpha value is -2.74. The Bertz CT molecular complexity index is 1350. The maximum absolute atomic E-state index is 6.02. The van der Waals surface area contributed by atoms with Gasteiger partial charge in [-0.1, -0.05) is 12.1 Å². The molecule has 1 aliphatic carbocycles. The lowest BCUT2D eigenvalue weighted by Gasteiger charge is -2.48. The second kappa shape index (κ2) is 8.43. The number of nitrogens with one attached hydrogen (secondary N) is 2. The van der Waals surface area contributed by atoms with Gasteiger partial charge in [0.1, 0.15) is 11.3 Å². The van der Waals surface area contributed by atoms with Gasteiger partial charge in [-0.05, 0) is 77.3 Å². The number of hydrogen-bond acceptors (Lipinski definition) is 5. The molecule has 35 heavy (non-hydrogen) atoms. The van der Waals surface area contributed by atoms with Crippen LogP contribution in [-0.4, -0.2) is 56.9 Å². The van der Waals surface area contributed by atoms with Crippen LogP contribution < -0.4 is 0 Å². The number of nitrogens with zero attached hydrogens (tertiary/aromatic N) is 3. The van der Waals surface area contributed by atoms with Crippen molar-refractivity contribution in [2.24, 2.45) is 5.41 Å². The summed E-state index contributed by atoms with van der Waals surface area (Å²) in [6.45, 7) is 8.56. The zero-order valence-corrected chi connectivity index (χ0v) is 21.1. The molecule has 1 aliphatic heterocycles. The predicted molar refractivity (Wildman–Crippen MR) is 138 cm³/mol. The summed E-state index contributed by atoms with van der Waals surface area (Å²) in [4.78, 5) is 18.5. The molecule has 1 saturated heterocycles. The number of rotatable bonds is 4. The molecule has 1 saturated carbocycles. The van der Waals surface area contributed by atoms with Crippen LogP contribution in [0, 0.1) is 12.3 Å². The molecule has 0 radical (unpaired) electrons. The van der Waals surface area contributed by atoms with Crippen LogP contribution >= 0.6 is 0 Å². The van der Waals surface area contributed by atoms with Crippen molar-refractivity contribution in [1.29, 1.82) is 0 Å². The van der Waals surface area contributed by atoms with Crippen LogP contribution in [0.5, 0.6) is 0 Å². The summed E-state index contributed by atoms with van der Waals surface area (Å²) in [7, 11) is 2.27. The number of H-pyrrole nitrogens is 2. The van der Waals surface area contributed by atoms with E-state index in [1.165, 1.54) is 23.8 Å². The molecule has 0 amide bonds. The van der Waals surface area contributed by atoms with Crippen LogP contribution in [0.15, 0.2) is 36.5 Å². The Labute approximate surface area is 206 Å². The van der Waals surface area contributed by atoms with Gasteiger partial charge in [-0.15, -0.1) is 0 Å². The van der Waals surface area contributed by atoms with Crippen LogP contribution in [0.25, 0.3) is 33.3 Å². The second-order valence-electron chi connectivity index (χ2n) is 11.1. The monoisotopic (exact) mass is 473 g/mol. The van der Waals surface area contributed by atoms with E-state index in [0.717, 1.165) is 66.4 Å². The number of ether oxygens (including phenoxy) is 2. The zero-order valence-electron chi connectivity index (χ0n) is 21.1. The zero-order chi connectivity index (χ0) is 24.2. The van der Waals surface area contributed by atoms with Gasteiger partial charge in [-0.25, -0.2) is 9.97 Å². The van der Waals surface area contributed by atoms with Crippen molar-refractivity contribution in [3.05, 3.63) is 47.9 Å². The summed E-state index contributed by atoms with van der Waals surface area (Å²) >= 11 is 0. The molecule has 0 bridgehead atoms. The Kier molecular flexibility index (Phi) is 5.47. The fourth-order valence-corrected chi connectivity index (χ4v) is 5.82. The molecule has 2 N–H and O–H groups in total. The van der Waals surface area contributed by atoms with E-state index in [1.807, 2.05) is 33.0 Å².